The Morgan fingerprint density at radius 3 is 2.94 bits per heavy atom. The van der Waals surface area contributed by atoms with Crippen LogP contribution in [0.3, 0.4) is 0 Å². The molecule has 0 bridgehead atoms. The number of fused-ring (bicyclic) bond motifs is 1. The summed E-state index contributed by atoms with van der Waals surface area (Å²) in [7, 11) is 0. The van der Waals surface area contributed by atoms with Gasteiger partial charge in [-0.05, 0) is 19.1 Å². The van der Waals surface area contributed by atoms with Gasteiger partial charge in [0.25, 0.3) is 0 Å². The summed E-state index contributed by atoms with van der Waals surface area (Å²) in [6, 6.07) is 6.75. The minimum atomic E-state index is -0.677. The Kier molecular flexibility index (Phi) is 4.04. The summed E-state index contributed by atoms with van der Waals surface area (Å²) in [5.41, 5.74) is 5.74. The molecule has 0 spiro atoms. The lowest BCUT2D eigenvalue weighted by molar-refractivity contribution is -0.145. The van der Waals surface area contributed by atoms with Crippen molar-refractivity contribution in [3.63, 3.8) is 0 Å². The fraction of sp³-hybridized carbons (Fsp3) is 0.462. The summed E-state index contributed by atoms with van der Waals surface area (Å²) < 4.78 is 16.1. The van der Waals surface area contributed by atoms with E-state index in [-0.39, 0.29) is 6.10 Å². The van der Waals surface area contributed by atoms with Gasteiger partial charge in [0.1, 0.15) is 18.8 Å². The second-order valence-electron chi connectivity index (χ2n) is 4.09. The van der Waals surface area contributed by atoms with Crippen molar-refractivity contribution >= 4 is 5.97 Å². The van der Waals surface area contributed by atoms with E-state index in [9.17, 15) is 4.79 Å². The number of benzene rings is 1. The Morgan fingerprint density at radius 1 is 1.50 bits per heavy atom. The zero-order valence-corrected chi connectivity index (χ0v) is 10.3. The van der Waals surface area contributed by atoms with E-state index in [4.69, 9.17) is 19.9 Å². The summed E-state index contributed by atoms with van der Waals surface area (Å²) in [6.45, 7) is 2.47. The smallest absolute Gasteiger partial charge is 0.323 e. The number of hydrogen-bond donors (Lipinski definition) is 1. The SMILES string of the molecule is CCOC(=O)C(N)CC1COc2ccccc2O1. The third-order valence-electron chi connectivity index (χ3n) is 2.67. The largest absolute Gasteiger partial charge is 0.486 e. The Morgan fingerprint density at radius 2 is 2.22 bits per heavy atom. The summed E-state index contributed by atoms with van der Waals surface area (Å²) in [6.07, 6.45) is 0.159. The molecule has 0 saturated heterocycles. The average molecular weight is 251 g/mol. The first-order chi connectivity index (χ1) is 8.70. The fourth-order valence-electron chi connectivity index (χ4n) is 1.81. The van der Waals surface area contributed by atoms with Crippen molar-refractivity contribution in [1.29, 1.82) is 0 Å². The number of esters is 1. The molecule has 0 aliphatic carbocycles. The monoisotopic (exact) mass is 251 g/mol. The first kappa shape index (κ1) is 12.7. The molecule has 1 aliphatic rings. The molecule has 2 rings (SSSR count). The molecule has 0 amide bonds. The lowest BCUT2D eigenvalue weighted by Crippen LogP contribution is -2.40. The topological polar surface area (TPSA) is 70.8 Å². The third kappa shape index (κ3) is 2.92. The Balaban J connectivity index is 1.91. The van der Waals surface area contributed by atoms with Crippen molar-refractivity contribution in [2.75, 3.05) is 13.2 Å². The molecule has 5 heteroatoms. The predicted molar refractivity (Wildman–Crippen MR) is 65.6 cm³/mol. The molecule has 18 heavy (non-hydrogen) atoms. The van der Waals surface area contributed by atoms with Crippen LogP contribution >= 0.6 is 0 Å². The molecule has 1 aromatic rings. The number of carbonyl (C=O) groups excluding carboxylic acids is 1. The molecule has 98 valence electrons. The van der Waals surface area contributed by atoms with Gasteiger partial charge in [0.2, 0.25) is 0 Å². The van der Waals surface area contributed by atoms with E-state index in [1.54, 1.807) is 6.92 Å². The molecule has 0 aromatic heterocycles. The molecule has 2 atom stereocenters. The lowest BCUT2D eigenvalue weighted by atomic mass is 10.1. The van der Waals surface area contributed by atoms with Gasteiger partial charge in [-0.25, -0.2) is 0 Å². The van der Waals surface area contributed by atoms with Crippen LogP contribution in [0.4, 0.5) is 0 Å². The van der Waals surface area contributed by atoms with Crippen LogP contribution in [-0.2, 0) is 9.53 Å². The van der Waals surface area contributed by atoms with Gasteiger partial charge in [-0.1, -0.05) is 12.1 Å². The summed E-state index contributed by atoms with van der Waals surface area (Å²) >= 11 is 0. The lowest BCUT2D eigenvalue weighted by Gasteiger charge is -2.27. The van der Waals surface area contributed by atoms with Crippen LogP contribution in [0.25, 0.3) is 0 Å². The molecule has 5 nitrogen and oxygen atoms in total. The molecule has 2 unspecified atom stereocenters. The van der Waals surface area contributed by atoms with E-state index in [0.717, 1.165) is 5.75 Å². The van der Waals surface area contributed by atoms with E-state index in [1.165, 1.54) is 0 Å². The van der Waals surface area contributed by atoms with Gasteiger partial charge in [0.05, 0.1) is 6.61 Å². The van der Waals surface area contributed by atoms with E-state index in [0.29, 0.717) is 25.4 Å². The van der Waals surface area contributed by atoms with Crippen molar-refractivity contribution in [2.24, 2.45) is 5.73 Å². The Labute approximate surface area is 106 Å². The van der Waals surface area contributed by atoms with Gasteiger partial charge in [-0.3, -0.25) is 4.79 Å². The molecular weight excluding hydrogens is 234 g/mol. The number of rotatable bonds is 4. The van der Waals surface area contributed by atoms with Crippen molar-refractivity contribution in [2.45, 2.75) is 25.5 Å². The molecule has 1 aliphatic heterocycles. The summed E-state index contributed by atoms with van der Waals surface area (Å²) in [4.78, 5) is 11.4. The van der Waals surface area contributed by atoms with Crippen molar-refractivity contribution in [3.05, 3.63) is 24.3 Å². The Bertz CT molecular complexity index is 421. The van der Waals surface area contributed by atoms with Crippen LogP contribution in [0, 0.1) is 0 Å². The van der Waals surface area contributed by atoms with Gasteiger partial charge in [0.15, 0.2) is 11.5 Å². The molecule has 0 fully saturated rings. The van der Waals surface area contributed by atoms with Crippen LogP contribution in [0.1, 0.15) is 13.3 Å². The minimum Gasteiger partial charge on any atom is -0.486 e. The van der Waals surface area contributed by atoms with Crippen LogP contribution in [0.2, 0.25) is 0 Å². The second-order valence-corrected chi connectivity index (χ2v) is 4.09. The minimum absolute atomic E-state index is 0.223. The second kappa shape index (κ2) is 5.73. The normalized spacial score (nSPS) is 19.1. The average Bonchev–Trinajstić information content (AvgIpc) is 2.39. The number of para-hydroxylation sites is 2. The van der Waals surface area contributed by atoms with E-state index in [2.05, 4.69) is 0 Å². The van der Waals surface area contributed by atoms with Gasteiger partial charge in [0, 0.05) is 6.42 Å². The maximum atomic E-state index is 11.4. The van der Waals surface area contributed by atoms with Crippen LogP contribution in [-0.4, -0.2) is 31.3 Å². The van der Waals surface area contributed by atoms with Gasteiger partial charge in [-0.2, -0.15) is 0 Å². The molecule has 1 aromatic carbocycles. The van der Waals surface area contributed by atoms with Crippen molar-refractivity contribution in [3.8, 4) is 11.5 Å². The van der Waals surface area contributed by atoms with Crippen molar-refractivity contribution < 1.29 is 19.0 Å². The van der Waals surface area contributed by atoms with Crippen molar-refractivity contribution in [1.82, 2.24) is 0 Å². The zero-order valence-electron chi connectivity index (χ0n) is 10.3. The molecule has 1 heterocycles. The highest BCUT2D eigenvalue weighted by molar-refractivity contribution is 5.75. The zero-order chi connectivity index (χ0) is 13.0. The number of ether oxygens (including phenoxy) is 3. The van der Waals surface area contributed by atoms with Gasteiger partial charge in [-0.15, -0.1) is 0 Å². The van der Waals surface area contributed by atoms with E-state index in [1.807, 2.05) is 24.3 Å². The van der Waals surface area contributed by atoms with Crippen LogP contribution < -0.4 is 15.2 Å². The van der Waals surface area contributed by atoms with E-state index >= 15 is 0 Å². The highest BCUT2D eigenvalue weighted by atomic mass is 16.6. The van der Waals surface area contributed by atoms with Gasteiger partial charge < -0.3 is 19.9 Å². The quantitative estimate of drug-likeness (QED) is 0.812. The maximum Gasteiger partial charge on any atom is 0.323 e. The van der Waals surface area contributed by atoms with Crippen LogP contribution in [0.5, 0.6) is 11.5 Å². The third-order valence-corrected chi connectivity index (χ3v) is 2.67. The maximum absolute atomic E-state index is 11.4. The first-order valence-corrected chi connectivity index (χ1v) is 6.01. The molecular formula is C13H17NO4. The van der Waals surface area contributed by atoms with Gasteiger partial charge >= 0.3 is 5.97 Å². The molecule has 2 N–H and O–H groups in total. The summed E-state index contributed by atoms with van der Waals surface area (Å²) in [5, 5.41) is 0. The predicted octanol–water partition coefficient (Wildman–Crippen LogP) is 1.11. The first-order valence-electron chi connectivity index (χ1n) is 6.01. The van der Waals surface area contributed by atoms with Crippen LogP contribution in [0.15, 0.2) is 24.3 Å². The molecule has 0 radical (unpaired) electrons. The van der Waals surface area contributed by atoms with E-state index < -0.39 is 12.0 Å². The fourth-order valence-corrected chi connectivity index (χ4v) is 1.81. The standard InChI is InChI=1S/C13H17NO4/c1-2-16-13(15)10(14)7-9-8-17-11-5-3-4-6-12(11)18-9/h3-6,9-10H,2,7-8,14H2,1H3. The molecule has 0 saturated carbocycles. The number of carbonyl (C=O) groups is 1. The Hall–Kier alpha value is -1.75. The summed E-state index contributed by atoms with van der Waals surface area (Å²) in [5.74, 6) is 1.00. The number of nitrogens with two attached hydrogens (primary N) is 1. The number of hydrogen-bond acceptors (Lipinski definition) is 5. The highest BCUT2D eigenvalue weighted by Gasteiger charge is 2.26. The highest BCUT2D eigenvalue weighted by Crippen LogP contribution is 2.31.